The summed E-state index contributed by atoms with van der Waals surface area (Å²) in [5.41, 5.74) is -0.137. The molecule has 0 radical (unpaired) electrons. The number of hydrogen-bond donors (Lipinski definition) is 1. The molecule has 1 N–H and O–H groups in total. The fourth-order valence-electron chi connectivity index (χ4n) is 1.19. The third-order valence-electron chi connectivity index (χ3n) is 1.95. The Kier molecular flexibility index (Phi) is 5.39. The zero-order valence-electron chi connectivity index (χ0n) is 10.5. The molecule has 0 aliphatic carbocycles. The van der Waals surface area contributed by atoms with Gasteiger partial charge < -0.3 is 14.8 Å². The maximum absolute atomic E-state index is 11.5. The van der Waals surface area contributed by atoms with Crippen molar-refractivity contribution in [3.8, 4) is 0 Å². The quantitative estimate of drug-likeness (QED) is 0.597. The molecule has 1 rings (SSSR count). The minimum absolute atomic E-state index is 0.0661. The van der Waals surface area contributed by atoms with E-state index < -0.39 is 24.3 Å². The van der Waals surface area contributed by atoms with Crippen LogP contribution in [0.2, 0.25) is 0 Å². The first kappa shape index (κ1) is 14.6. The number of carbonyl (C=O) groups is 3. The predicted octanol–water partition coefficient (Wildman–Crippen LogP) is 0.155. The summed E-state index contributed by atoms with van der Waals surface area (Å²) in [7, 11) is 1.18. The molecule has 0 aliphatic heterocycles. The topological polar surface area (TPSA) is 107 Å². The molecule has 8 nitrogen and oxygen atoms in total. The highest BCUT2D eigenvalue weighted by Gasteiger charge is 2.18. The van der Waals surface area contributed by atoms with Crippen LogP contribution < -0.4 is 5.32 Å². The lowest BCUT2D eigenvalue weighted by Crippen LogP contribution is -2.21. The van der Waals surface area contributed by atoms with E-state index in [0.717, 1.165) is 0 Å². The summed E-state index contributed by atoms with van der Waals surface area (Å²) in [5.74, 6) is -2.12. The molecule has 0 spiro atoms. The third-order valence-corrected chi connectivity index (χ3v) is 1.95. The monoisotopic (exact) mass is 267 g/mol. The Morgan fingerprint density at radius 2 is 1.95 bits per heavy atom. The van der Waals surface area contributed by atoms with Gasteiger partial charge in [0.2, 0.25) is 5.91 Å². The number of amides is 1. The molecular formula is C11H13N3O5. The first-order valence-corrected chi connectivity index (χ1v) is 5.43. The lowest BCUT2D eigenvalue weighted by molar-refractivity contribution is -0.145. The fourth-order valence-corrected chi connectivity index (χ4v) is 1.19. The molecule has 19 heavy (non-hydrogen) atoms. The average Bonchev–Trinajstić information content (AvgIpc) is 2.38. The van der Waals surface area contributed by atoms with E-state index in [1.165, 1.54) is 19.5 Å². The van der Waals surface area contributed by atoms with E-state index in [0.29, 0.717) is 0 Å². The van der Waals surface area contributed by atoms with Crippen LogP contribution in [0.25, 0.3) is 0 Å². The predicted molar refractivity (Wildman–Crippen MR) is 63.3 cm³/mol. The second-order valence-electron chi connectivity index (χ2n) is 3.28. The fraction of sp³-hybridized carbons (Fsp3) is 0.364. The van der Waals surface area contributed by atoms with Crippen molar-refractivity contribution in [2.45, 2.75) is 13.3 Å². The van der Waals surface area contributed by atoms with E-state index in [1.807, 2.05) is 0 Å². The van der Waals surface area contributed by atoms with Crippen molar-refractivity contribution >= 4 is 23.7 Å². The van der Waals surface area contributed by atoms with Crippen molar-refractivity contribution in [1.29, 1.82) is 0 Å². The average molecular weight is 267 g/mol. The lowest BCUT2D eigenvalue weighted by Gasteiger charge is -2.07. The van der Waals surface area contributed by atoms with E-state index in [-0.39, 0.29) is 18.1 Å². The Balaban J connectivity index is 2.74. The van der Waals surface area contributed by atoms with Gasteiger partial charge in [0, 0.05) is 12.4 Å². The first-order valence-electron chi connectivity index (χ1n) is 5.43. The molecular weight excluding hydrogens is 254 g/mol. The van der Waals surface area contributed by atoms with E-state index >= 15 is 0 Å². The number of hydrogen-bond acceptors (Lipinski definition) is 7. The Morgan fingerprint density at radius 3 is 2.58 bits per heavy atom. The van der Waals surface area contributed by atoms with Crippen molar-refractivity contribution in [3.05, 3.63) is 18.1 Å². The largest absolute Gasteiger partial charge is 0.466 e. The number of anilines is 1. The summed E-state index contributed by atoms with van der Waals surface area (Å²) in [5, 5.41) is 2.30. The summed E-state index contributed by atoms with van der Waals surface area (Å²) < 4.78 is 9.12. The normalized spacial score (nSPS) is 9.58. The highest BCUT2D eigenvalue weighted by molar-refractivity contribution is 6.04. The molecule has 1 aromatic rings. The SMILES string of the molecule is CCOC(=O)CC(=O)Nc1nccnc1C(=O)OC. The number of ether oxygens (including phenoxy) is 2. The zero-order valence-corrected chi connectivity index (χ0v) is 10.5. The number of nitrogens with zero attached hydrogens (tertiary/aromatic N) is 2. The first-order chi connectivity index (χ1) is 9.08. The Labute approximate surface area is 109 Å². The number of rotatable bonds is 5. The molecule has 1 amide bonds. The van der Waals surface area contributed by atoms with Gasteiger partial charge in [0.15, 0.2) is 11.5 Å². The molecule has 0 saturated heterocycles. The molecule has 0 fully saturated rings. The molecule has 102 valence electrons. The summed E-state index contributed by atoms with van der Waals surface area (Å²) in [4.78, 5) is 41.6. The van der Waals surface area contributed by atoms with Crippen LogP contribution in [0.3, 0.4) is 0 Å². The molecule has 8 heteroatoms. The number of carbonyl (C=O) groups excluding carboxylic acids is 3. The highest BCUT2D eigenvalue weighted by Crippen LogP contribution is 2.09. The van der Waals surface area contributed by atoms with Gasteiger partial charge in [0.05, 0.1) is 13.7 Å². The molecule has 0 aromatic carbocycles. The molecule has 0 aliphatic rings. The van der Waals surface area contributed by atoms with Crippen LogP contribution >= 0.6 is 0 Å². The van der Waals surface area contributed by atoms with E-state index in [4.69, 9.17) is 0 Å². The van der Waals surface area contributed by atoms with Crippen LogP contribution in [0, 0.1) is 0 Å². The lowest BCUT2D eigenvalue weighted by atomic mass is 10.3. The second kappa shape index (κ2) is 7.04. The Bertz CT molecular complexity index is 489. The maximum Gasteiger partial charge on any atom is 0.360 e. The van der Waals surface area contributed by atoms with Crippen LogP contribution in [0.15, 0.2) is 12.4 Å². The third kappa shape index (κ3) is 4.34. The molecule has 1 aromatic heterocycles. The highest BCUT2D eigenvalue weighted by atomic mass is 16.5. The maximum atomic E-state index is 11.5. The van der Waals surface area contributed by atoms with Gasteiger partial charge in [0.1, 0.15) is 6.42 Å². The number of methoxy groups -OCH3 is 1. The number of nitrogens with one attached hydrogen (secondary N) is 1. The summed E-state index contributed by atoms with van der Waals surface area (Å²) in [6.45, 7) is 1.82. The van der Waals surface area contributed by atoms with Gasteiger partial charge in [-0.3, -0.25) is 9.59 Å². The van der Waals surface area contributed by atoms with Crippen molar-refractivity contribution in [2.24, 2.45) is 0 Å². The van der Waals surface area contributed by atoms with Crippen molar-refractivity contribution < 1.29 is 23.9 Å². The molecule has 0 unspecified atom stereocenters. The standard InChI is InChI=1S/C11H13N3O5/c1-3-19-8(16)6-7(15)14-10-9(11(17)18-2)12-4-5-13-10/h4-5H,3,6H2,1-2H3,(H,13,14,15). The van der Waals surface area contributed by atoms with E-state index in [2.05, 4.69) is 24.8 Å². The number of aromatic nitrogens is 2. The van der Waals surface area contributed by atoms with Crippen LogP contribution in [0.1, 0.15) is 23.8 Å². The van der Waals surface area contributed by atoms with E-state index in [1.54, 1.807) is 6.92 Å². The minimum Gasteiger partial charge on any atom is -0.466 e. The minimum atomic E-state index is -0.737. The van der Waals surface area contributed by atoms with Crippen molar-refractivity contribution in [3.63, 3.8) is 0 Å². The van der Waals surface area contributed by atoms with Crippen molar-refractivity contribution in [1.82, 2.24) is 9.97 Å². The van der Waals surface area contributed by atoms with Crippen LogP contribution in [-0.2, 0) is 19.1 Å². The van der Waals surface area contributed by atoms with E-state index in [9.17, 15) is 14.4 Å². The molecule has 0 bridgehead atoms. The Morgan fingerprint density at radius 1 is 1.26 bits per heavy atom. The van der Waals surface area contributed by atoms with Gasteiger partial charge in [-0.2, -0.15) is 0 Å². The molecule has 1 heterocycles. The molecule has 0 atom stereocenters. The van der Waals surface area contributed by atoms with Gasteiger partial charge in [-0.25, -0.2) is 14.8 Å². The number of esters is 2. The summed E-state index contributed by atoms with van der Waals surface area (Å²) in [6.07, 6.45) is 2.12. The summed E-state index contributed by atoms with van der Waals surface area (Å²) >= 11 is 0. The van der Waals surface area contributed by atoms with Gasteiger partial charge in [-0.1, -0.05) is 0 Å². The van der Waals surface area contributed by atoms with Crippen molar-refractivity contribution in [2.75, 3.05) is 19.0 Å². The summed E-state index contributed by atoms with van der Waals surface area (Å²) in [6, 6.07) is 0. The van der Waals surface area contributed by atoms with Gasteiger partial charge in [-0.05, 0) is 6.92 Å². The Hall–Kier alpha value is -2.51. The van der Waals surface area contributed by atoms with Crippen LogP contribution in [0.4, 0.5) is 5.82 Å². The zero-order chi connectivity index (χ0) is 14.3. The van der Waals surface area contributed by atoms with Gasteiger partial charge in [-0.15, -0.1) is 0 Å². The second-order valence-corrected chi connectivity index (χ2v) is 3.28. The van der Waals surface area contributed by atoms with Crippen LogP contribution in [0.5, 0.6) is 0 Å². The van der Waals surface area contributed by atoms with Gasteiger partial charge >= 0.3 is 11.9 Å². The van der Waals surface area contributed by atoms with Gasteiger partial charge in [0.25, 0.3) is 0 Å². The van der Waals surface area contributed by atoms with Crippen LogP contribution in [-0.4, -0.2) is 41.5 Å². The molecule has 0 saturated carbocycles. The smallest absolute Gasteiger partial charge is 0.360 e.